The summed E-state index contributed by atoms with van der Waals surface area (Å²) in [6.45, 7) is 1.11. The molecule has 40 heavy (non-hydrogen) atoms. The number of sulfonamides is 1. The number of nitrogens with zero attached hydrogens (tertiary/aromatic N) is 3. The molecule has 1 aliphatic rings. The zero-order chi connectivity index (χ0) is 29.4. The van der Waals surface area contributed by atoms with E-state index in [2.05, 4.69) is 5.32 Å². The molecular weight excluding hydrogens is 560 g/mol. The van der Waals surface area contributed by atoms with Crippen molar-refractivity contribution >= 4 is 44.8 Å². The van der Waals surface area contributed by atoms with Crippen LogP contribution < -0.4 is 14.4 Å². The van der Waals surface area contributed by atoms with Crippen LogP contribution in [0.2, 0.25) is 5.02 Å². The van der Waals surface area contributed by atoms with E-state index in [9.17, 15) is 28.1 Å². The number of amides is 2. The number of carbonyl (C=O) groups is 2. The summed E-state index contributed by atoms with van der Waals surface area (Å²) in [5.41, 5.74) is 0.174. The third-order valence-electron chi connectivity index (χ3n) is 6.92. The first-order chi connectivity index (χ1) is 18.9. The first kappa shape index (κ1) is 31.2. The van der Waals surface area contributed by atoms with Crippen molar-refractivity contribution in [1.29, 1.82) is 0 Å². The highest BCUT2D eigenvalue weighted by Crippen LogP contribution is 2.34. The molecule has 2 amide bonds. The Morgan fingerprint density at radius 2 is 1.80 bits per heavy atom. The second-order valence-electron chi connectivity index (χ2n) is 9.80. The van der Waals surface area contributed by atoms with E-state index in [1.807, 2.05) is 0 Å². The number of anilines is 1. The highest BCUT2D eigenvalue weighted by atomic mass is 35.5. The van der Waals surface area contributed by atoms with Gasteiger partial charge in [0.1, 0.15) is 24.0 Å². The van der Waals surface area contributed by atoms with Crippen molar-refractivity contribution in [2.45, 2.75) is 64.1 Å². The molecule has 1 atom stereocenters. The van der Waals surface area contributed by atoms with Gasteiger partial charge in [-0.3, -0.25) is 24.0 Å². The number of halogens is 1. The normalized spacial score (nSPS) is 14.7. The summed E-state index contributed by atoms with van der Waals surface area (Å²) in [4.78, 5) is 39.5. The van der Waals surface area contributed by atoms with Crippen molar-refractivity contribution < 1.29 is 27.7 Å². The van der Waals surface area contributed by atoms with Gasteiger partial charge in [0.25, 0.3) is 5.69 Å². The topological polar surface area (TPSA) is 139 Å². The molecule has 0 heterocycles. The Labute approximate surface area is 239 Å². The summed E-state index contributed by atoms with van der Waals surface area (Å²) in [7, 11) is -2.82. The lowest BCUT2D eigenvalue weighted by Crippen LogP contribution is -2.54. The fraction of sp³-hybridized carbons (Fsp3) is 0.481. The van der Waals surface area contributed by atoms with Crippen LogP contribution in [0.5, 0.6) is 5.75 Å². The molecule has 1 N–H and O–H groups in total. The molecule has 1 aliphatic carbocycles. The molecule has 218 valence electrons. The predicted molar refractivity (Wildman–Crippen MR) is 153 cm³/mol. The summed E-state index contributed by atoms with van der Waals surface area (Å²) < 4.78 is 31.8. The van der Waals surface area contributed by atoms with Gasteiger partial charge in [-0.15, -0.1) is 0 Å². The maximum atomic E-state index is 13.9. The lowest BCUT2D eigenvalue weighted by atomic mass is 9.95. The van der Waals surface area contributed by atoms with Crippen LogP contribution in [0.15, 0.2) is 42.5 Å². The maximum Gasteiger partial charge on any atom is 0.271 e. The van der Waals surface area contributed by atoms with Gasteiger partial charge in [-0.2, -0.15) is 0 Å². The Hall–Kier alpha value is -3.38. The van der Waals surface area contributed by atoms with E-state index < -0.39 is 33.4 Å². The minimum Gasteiger partial charge on any atom is -0.495 e. The second kappa shape index (κ2) is 13.8. The van der Waals surface area contributed by atoms with Crippen molar-refractivity contribution in [2.24, 2.45) is 0 Å². The molecule has 0 aliphatic heterocycles. The third-order valence-corrected chi connectivity index (χ3v) is 8.30. The Balaban J connectivity index is 1.99. The molecule has 0 spiro atoms. The number of hydrogen-bond donors (Lipinski definition) is 1. The van der Waals surface area contributed by atoms with Gasteiger partial charge in [-0.1, -0.05) is 49.9 Å². The Kier molecular flexibility index (Phi) is 10.7. The summed E-state index contributed by atoms with van der Waals surface area (Å²) in [6, 6.07) is 9.43. The lowest BCUT2D eigenvalue weighted by molar-refractivity contribution is -0.384. The molecule has 0 radical (unpaired) electrons. The summed E-state index contributed by atoms with van der Waals surface area (Å²) in [5.74, 6) is -0.926. The van der Waals surface area contributed by atoms with E-state index in [1.165, 1.54) is 24.1 Å². The number of non-ortho nitro benzene ring substituents is 1. The van der Waals surface area contributed by atoms with Crippen molar-refractivity contribution in [2.75, 3.05) is 24.2 Å². The van der Waals surface area contributed by atoms with Gasteiger partial charge in [0.15, 0.2) is 0 Å². The number of nitro benzene ring substituents is 1. The lowest BCUT2D eigenvalue weighted by Gasteiger charge is -2.34. The van der Waals surface area contributed by atoms with Crippen LogP contribution in [0.1, 0.15) is 51.0 Å². The first-order valence-electron chi connectivity index (χ1n) is 13.1. The van der Waals surface area contributed by atoms with Crippen molar-refractivity contribution in [3.8, 4) is 5.75 Å². The van der Waals surface area contributed by atoms with Crippen LogP contribution >= 0.6 is 11.6 Å². The van der Waals surface area contributed by atoms with Crippen LogP contribution in [0.3, 0.4) is 0 Å². The molecule has 2 aromatic rings. The number of carbonyl (C=O) groups excluding carboxylic acids is 2. The number of ether oxygens (including phenoxy) is 1. The van der Waals surface area contributed by atoms with E-state index >= 15 is 0 Å². The smallest absolute Gasteiger partial charge is 0.271 e. The van der Waals surface area contributed by atoms with Crippen molar-refractivity contribution in [3.05, 3.63) is 63.2 Å². The molecule has 3 rings (SSSR count). The highest BCUT2D eigenvalue weighted by molar-refractivity contribution is 7.92. The van der Waals surface area contributed by atoms with Gasteiger partial charge in [0.2, 0.25) is 21.8 Å². The van der Waals surface area contributed by atoms with Crippen LogP contribution in [-0.2, 0) is 26.2 Å². The Bertz CT molecular complexity index is 1310. The molecule has 1 saturated carbocycles. The standard InChI is InChI=1S/C27H35ClN4O7S/c1-4-23(27(34)29-21-8-6-5-7-9-21)30(17-19-10-12-20(28)13-11-19)26(33)18-31(40(3,37)38)24-16-22(32(35)36)14-15-25(24)39-2/h10-16,21,23H,4-9,17-18H2,1-3H3,(H,29,34)/t23-/m1/s1. The zero-order valence-corrected chi connectivity index (χ0v) is 24.4. The van der Waals surface area contributed by atoms with E-state index in [1.54, 1.807) is 31.2 Å². The molecule has 11 nitrogen and oxygen atoms in total. The summed E-state index contributed by atoms with van der Waals surface area (Å²) in [6.07, 6.45) is 6.07. The second-order valence-corrected chi connectivity index (χ2v) is 12.1. The number of nitrogens with one attached hydrogen (secondary N) is 1. The first-order valence-corrected chi connectivity index (χ1v) is 15.3. The van der Waals surface area contributed by atoms with E-state index in [4.69, 9.17) is 16.3 Å². The largest absolute Gasteiger partial charge is 0.495 e. The molecule has 0 saturated heterocycles. The minimum atomic E-state index is -4.11. The third kappa shape index (κ3) is 8.07. The minimum absolute atomic E-state index is 0.0180. The molecule has 1 fully saturated rings. The maximum absolute atomic E-state index is 13.9. The zero-order valence-electron chi connectivity index (χ0n) is 22.8. The molecule has 13 heteroatoms. The number of rotatable bonds is 12. The number of benzene rings is 2. The molecule has 0 unspecified atom stereocenters. The number of methoxy groups -OCH3 is 1. The Morgan fingerprint density at radius 3 is 2.35 bits per heavy atom. The van der Waals surface area contributed by atoms with Gasteiger partial charge in [-0.05, 0) is 43.0 Å². The fourth-order valence-electron chi connectivity index (χ4n) is 4.83. The van der Waals surface area contributed by atoms with Crippen LogP contribution in [0.4, 0.5) is 11.4 Å². The number of nitro groups is 1. The average molecular weight is 595 g/mol. The summed E-state index contributed by atoms with van der Waals surface area (Å²) >= 11 is 6.03. The van der Waals surface area contributed by atoms with E-state index in [-0.39, 0.29) is 42.0 Å². The number of hydrogen-bond acceptors (Lipinski definition) is 7. The van der Waals surface area contributed by atoms with E-state index in [0.29, 0.717) is 10.6 Å². The monoisotopic (exact) mass is 594 g/mol. The van der Waals surface area contributed by atoms with Crippen molar-refractivity contribution in [3.63, 3.8) is 0 Å². The highest BCUT2D eigenvalue weighted by Gasteiger charge is 2.34. The molecule has 0 aromatic heterocycles. The Morgan fingerprint density at radius 1 is 1.15 bits per heavy atom. The SMILES string of the molecule is CC[C@H](C(=O)NC1CCCCC1)N(Cc1ccc(Cl)cc1)C(=O)CN(c1cc([N+](=O)[O-])ccc1OC)S(C)(=O)=O. The fourth-order valence-corrected chi connectivity index (χ4v) is 5.80. The van der Waals surface area contributed by atoms with Gasteiger partial charge < -0.3 is 15.0 Å². The predicted octanol–water partition coefficient (Wildman–Crippen LogP) is 4.28. The van der Waals surface area contributed by atoms with Crippen molar-refractivity contribution in [1.82, 2.24) is 10.2 Å². The molecule has 2 aromatic carbocycles. The van der Waals surface area contributed by atoms with E-state index in [0.717, 1.165) is 48.7 Å². The van der Waals surface area contributed by atoms with Crippen LogP contribution in [-0.4, -0.2) is 62.0 Å². The molecule has 0 bridgehead atoms. The molecular formula is C27H35ClN4O7S. The van der Waals surface area contributed by atoms with Crippen LogP contribution in [0.25, 0.3) is 0 Å². The summed E-state index contributed by atoms with van der Waals surface area (Å²) in [5, 5.41) is 15.0. The van der Waals surface area contributed by atoms with Gasteiger partial charge in [0, 0.05) is 29.7 Å². The van der Waals surface area contributed by atoms with Gasteiger partial charge >= 0.3 is 0 Å². The average Bonchev–Trinajstić information content (AvgIpc) is 2.92. The quantitative estimate of drug-likeness (QED) is 0.286. The van der Waals surface area contributed by atoms with Gasteiger partial charge in [0.05, 0.1) is 18.3 Å². The van der Waals surface area contributed by atoms with Crippen LogP contribution in [0, 0.1) is 10.1 Å². The van der Waals surface area contributed by atoms with Gasteiger partial charge in [-0.25, -0.2) is 8.42 Å².